The van der Waals surface area contributed by atoms with Gasteiger partial charge in [0.05, 0.1) is 11.9 Å². The average molecular weight is 420 g/mol. The van der Waals surface area contributed by atoms with Crippen molar-refractivity contribution in [2.24, 2.45) is 0 Å². The van der Waals surface area contributed by atoms with E-state index in [0.29, 0.717) is 22.3 Å². The Kier molecular flexibility index (Phi) is 4.83. The number of hydrogen-bond acceptors (Lipinski definition) is 4. The number of pyridine rings is 1. The summed E-state index contributed by atoms with van der Waals surface area (Å²) in [5.41, 5.74) is 1.71. The van der Waals surface area contributed by atoms with Crippen molar-refractivity contribution in [3.63, 3.8) is 0 Å². The van der Waals surface area contributed by atoms with Gasteiger partial charge >= 0.3 is 6.18 Å². The van der Waals surface area contributed by atoms with Gasteiger partial charge in [-0.2, -0.15) is 13.2 Å². The number of hydrogen-bond donors (Lipinski definition) is 1. The van der Waals surface area contributed by atoms with Crippen LogP contribution in [-0.2, 0) is 17.8 Å². The van der Waals surface area contributed by atoms with E-state index in [1.54, 1.807) is 30.5 Å². The molecule has 29 heavy (non-hydrogen) atoms. The molecule has 3 heterocycles. The van der Waals surface area contributed by atoms with Crippen molar-refractivity contribution in [3.05, 3.63) is 59.8 Å². The molecule has 0 spiro atoms. The molecule has 1 N–H and O–H groups in total. The largest absolute Gasteiger partial charge is 0.406 e. The molecule has 0 aliphatic heterocycles. The van der Waals surface area contributed by atoms with Crippen molar-refractivity contribution in [3.8, 4) is 0 Å². The fourth-order valence-electron chi connectivity index (χ4n) is 3.17. The highest BCUT2D eigenvalue weighted by Crippen LogP contribution is 2.34. The van der Waals surface area contributed by atoms with Gasteiger partial charge in [0, 0.05) is 23.0 Å². The predicted octanol–water partition coefficient (Wildman–Crippen LogP) is 4.38. The zero-order valence-corrected chi connectivity index (χ0v) is 15.5. The first-order chi connectivity index (χ1) is 13.8. The van der Waals surface area contributed by atoms with E-state index in [2.05, 4.69) is 20.3 Å². The van der Waals surface area contributed by atoms with Crippen LogP contribution in [0.3, 0.4) is 0 Å². The van der Waals surface area contributed by atoms with Gasteiger partial charge in [-0.05, 0) is 30.3 Å². The fourth-order valence-corrected chi connectivity index (χ4v) is 3.40. The molecule has 1 aromatic carbocycles. The second-order valence-electron chi connectivity index (χ2n) is 6.34. The maximum Gasteiger partial charge on any atom is 0.406 e. The van der Waals surface area contributed by atoms with E-state index in [-0.39, 0.29) is 28.5 Å². The summed E-state index contributed by atoms with van der Waals surface area (Å²) < 4.78 is 40.3. The number of carbonyl (C=O) groups excluding carboxylic acids is 1. The third-order valence-electron chi connectivity index (χ3n) is 4.28. The maximum absolute atomic E-state index is 13.1. The Morgan fingerprint density at radius 2 is 1.97 bits per heavy atom. The van der Waals surface area contributed by atoms with E-state index >= 15 is 0 Å². The third-order valence-corrected chi connectivity index (χ3v) is 4.56. The van der Waals surface area contributed by atoms with Crippen LogP contribution in [0.2, 0.25) is 5.15 Å². The van der Waals surface area contributed by atoms with E-state index < -0.39 is 12.7 Å². The number of anilines is 1. The van der Waals surface area contributed by atoms with E-state index in [9.17, 15) is 18.0 Å². The molecule has 3 aromatic heterocycles. The number of rotatable bonds is 4. The third kappa shape index (κ3) is 4.00. The van der Waals surface area contributed by atoms with E-state index in [0.717, 1.165) is 4.57 Å². The molecule has 0 bridgehead atoms. The molecule has 4 rings (SSSR count). The molecule has 10 heteroatoms. The summed E-state index contributed by atoms with van der Waals surface area (Å²) in [6.45, 7) is -1.23. The normalized spacial score (nSPS) is 11.9. The molecule has 0 saturated heterocycles. The standard InChI is InChI=1S/C19H13ClF3N5O/c20-18-17-16(25-10-26-18)13-7-12(4-5-14(13)28(17)9-19(21,22)23)27-15(29)8-11-3-1-2-6-24-11/h1-7,10H,8-9H2,(H,27,29). The highest BCUT2D eigenvalue weighted by atomic mass is 35.5. The number of halogens is 4. The van der Waals surface area contributed by atoms with Gasteiger partial charge in [-0.15, -0.1) is 0 Å². The van der Waals surface area contributed by atoms with Crippen LogP contribution in [0.1, 0.15) is 5.69 Å². The summed E-state index contributed by atoms with van der Waals surface area (Å²) in [7, 11) is 0. The van der Waals surface area contributed by atoms with E-state index in [1.165, 1.54) is 18.5 Å². The zero-order valence-electron chi connectivity index (χ0n) is 14.7. The molecule has 1 amide bonds. The van der Waals surface area contributed by atoms with Crippen LogP contribution in [0.4, 0.5) is 18.9 Å². The lowest BCUT2D eigenvalue weighted by Crippen LogP contribution is -2.17. The molecule has 0 atom stereocenters. The van der Waals surface area contributed by atoms with Crippen LogP contribution in [0.5, 0.6) is 0 Å². The smallest absolute Gasteiger partial charge is 0.327 e. The molecule has 0 fully saturated rings. The molecule has 4 aromatic rings. The Bertz CT molecular complexity index is 1210. The van der Waals surface area contributed by atoms with Gasteiger partial charge in [0.25, 0.3) is 0 Å². The van der Waals surface area contributed by atoms with Crippen LogP contribution >= 0.6 is 11.6 Å². The molecular weight excluding hydrogens is 407 g/mol. The number of aromatic nitrogens is 4. The van der Waals surface area contributed by atoms with Crippen LogP contribution in [0, 0.1) is 0 Å². The van der Waals surface area contributed by atoms with Gasteiger partial charge < -0.3 is 9.88 Å². The second-order valence-corrected chi connectivity index (χ2v) is 6.70. The first-order valence-corrected chi connectivity index (χ1v) is 8.88. The Labute approximate surface area is 167 Å². The minimum atomic E-state index is -4.45. The van der Waals surface area contributed by atoms with Crippen molar-refractivity contribution in [1.82, 2.24) is 19.5 Å². The molecular formula is C19H13ClF3N5O. The van der Waals surface area contributed by atoms with Crippen molar-refractivity contribution in [1.29, 1.82) is 0 Å². The minimum absolute atomic E-state index is 0.0721. The summed E-state index contributed by atoms with van der Waals surface area (Å²) >= 11 is 6.06. The molecule has 148 valence electrons. The monoisotopic (exact) mass is 419 g/mol. The topological polar surface area (TPSA) is 72.7 Å². The first kappa shape index (κ1) is 19.1. The van der Waals surface area contributed by atoms with Gasteiger partial charge in [-0.25, -0.2) is 9.97 Å². The highest BCUT2D eigenvalue weighted by molar-refractivity contribution is 6.34. The van der Waals surface area contributed by atoms with E-state index in [1.807, 2.05) is 0 Å². The number of nitrogens with zero attached hydrogens (tertiary/aromatic N) is 4. The van der Waals surface area contributed by atoms with Crippen LogP contribution in [0.25, 0.3) is 21.9 Å². The first-order valence-electron chi connectivity index (χ1n) is 8.51. The van der Waals surface area contributed by atoms with Crippen molar-refractivity contribution in [2.45, 2.75) is 19.1 Å². The Morgan fingerprint density at radius 1 is 1.14 bits per heavy atom. The summed E-state index contributed by atoms with van der Waals surface area (Å²) in [5, 5.41) is 3.09. The van der Waals surface area contributed by atoms with E-state index in [4.69, 9.17) is 11.6 Å². The van der Waals surface area contributed by atoms with Crippen LogP contribution in [-0.4, -0.2) is 31.6 Å². The summed E-state index contributed by atoms with van der Waals surface area (Å²) in [4.78, 5) is 24.3. The summed E-state index contributed by atoms with van der Waals surface area (Å²) in [6, 6.07) is 9.86. The molecule has 6 nitrogen and oxygen atoms in total. The molecule has 0 aliphatic carbocycles. The Hall–Kier alpha value is -3.20. The number of nitrogens with one attached hydrogen (secondary N) is 1. The Morgan fingerprint density at radius 3 is 2.69 bits per heavy atom. The molecule has 0 aliphatic rings. The highest BCUT2D eigenvalue weighted by Gasteiger charge is 2.30. The SMILES string of the molecule is O=C(Cc1ccccn1)Nc1ccc2c(c1)c1ncnc(Cl)c1n2CC(F)(F)F. The number of amides is 1. The number of alkyl halides is 3. The average Bonchev–Trinajstić information content (AvgIpc) is 2.95. The van der Waals surface area contributed by atoms with Gasteiger partial charge in [0.2, 0.25) is 5.91 Å². The Balaban J connectivity index is 1.73. The van der Waals surface area contributed by atoms with Crippen LogP contribution < -0.4 is 5.32 Å². The van der Waals surface area contributed by atoms with Gasteiger partial charge in [0.1, 0.15) is 23.9 Å². The maximum atomic E-state index is 13.1. The van der Waals surface area contributed by atoms with Gasteiger partial charge in [-0.3, -0.25) is 9.78 Å². The predicted molar refractivity (Wildman–Crippen MR) is 103 cm³/mol. The minimum Gasteiger partial charge on any atom is -0.327 e. The number of benzene rings is 1. The quantitative estimate of drug-likeness (QED) is 0.498. The summed E-state index contributed by atoms with van der Waals surface area (Å²) in [5.74, 6) is -0.297. The number of carbonyl (C=O) groups is 1. The summed E-state index contributed by atoms with van der Waals surface area (Å²) in [6.07, 6.45) is -1.60. The van der Waals surface area contributed by atoms with Crippen molar-refractivity contribution >= 4 is 45.1 Å². The second kappa shape index (κ2) is 7.32. The van der Waals surface area contributed by atoms with Gasteiger partial charge in [0.15, 0.2) is 5.15 Å². The molecule has 0 unspecified atom stereocenters. The lowest BCUT2D eigenvalue weighted by Gasteiger charge is -2.11. The molecule has 0 saturated carbocycles. The lowest BCUT2D eigenvalue weighted by molar-refractivity contribution is -0.139. The lowest BCUT2D eigenvalue weighted by atomic mass is 10.2. The number of fused-ring (bicyclic) bond motifs is 3. The fraction of sp³-hybridized carbons (Fsp3) is 0.158. The van der Waals surface area contributed by atoms with Crippen LogP contribution in [0.15, 0.2) is 48.9 Å². The van der Waals surface area contributed by atoms with Crippen molar-refractivity contribution in [2.75, 3.05) is 5.32 Å². The van der Waals surface area contributed by atoms with Gasteiger partial charge in [-0.1, -0.05) is 17.7 Å². The van der Waals surface area contributed by atoms with Crippen molar-refractivity contribution < 1.29 is 18.0 Å². The zero-order chi connectivity index (χ0) is 20.6. The molecule has 0 radical (unpaired) electrons.